The Hall–Kier alpha value is -2.38. The van der Waals surface area contributed by atoms with Gasteiger partial charge in [0.25, 0.3) is 0 Å². The van der Waals surface area contributed by atoms with Gasteiger partial charge in [-0.1, -0.05) is 0 Å². The molecule has 2 heterocycles. The number of fused-ring (bicyclic) bond motifs is 1. The molecule has 3 N–H and O–H groups in total. The largest absolute Gasteiger partial charge is 0.441 e. The number of carbonyl (C=O) groups excluding carboxylic acids is 1. The monoisotopic (exact) mass is 317 g/mol. The van der Waals surface area contributed by atoms with E-state index >= 15 is 0 Å². The number of hydrogen-bond donors (Lipinski definition) is 3. The van der Waals surface area contributed by atoms with Crippen molar-refractivity contribution in [3.63, 3.8) is 0 Å². The van der Waals surface area contributed by atoms with Crippen LogP contribution < -0.4 is 10.6 Å². The van der Waals surface area contributed by atoms with Crippen molar-refractivity contribution >= 4 is 34.2 Å². The highest BCUT2D eigenvalue weighted by molar-refractivity contribution is 7.07. The van der Waals surface area contributed by atoms with Gasteiger partial charge in [0, 0.05) is 19.2 Å². The fraction of sp³-hybridized carbons (Fsp3) is 0.200. The number of carbonyl (C=O) groups is 1. The average Bonchev–Trinajstić information content (AvgIpc) is 3.12. The van der Waals surface area contributed by atoms with Gasteiger partial charge in [0.1, 0.15) is 5.52 Å². The van der Waals surface area contributed by atoms with Crippen LogP contribution in [0.25, 0.3) is 11.1 Å². The van der Waals surface area contributed by atoms with Crippen molar-refractivity contribution in [1.29, 1.82) is 0 Å². The molecule has 0 aliphatic carbocycles. The summed E-state index contributed by atoms with van der Waals surface area (Å²) in [5, 5.41) is 19.0. The smallest absolute Gasteiger partial charge is 0.319 e. The van der Waals surface area contributed by atoms with E-state index in [4.69, 9.17) is 4.42 Å². The van der Waals surface area contributed by atoms with Gasteiger partial charge in [-0.05, 0) is 40.6 Å². The second-order valence-corrected chi connectivity index (χ2v) is 5.60. The first-order valence-corrected chi connectivity index (χ1v) is 7.68. The van der Waals surface area contributed by atoms with E-state index < -0.39 is 6.10 Å². The molecule has 22 heavy (non-hydrogen) atoms. The number of hydrogen-bond acceptors (Lipinski definition) is 5. The van der Waals surface area contributed by atoms with Crippen molar-refractivity contribution in [2.24, 2.45) is 0 Å². The van der Waals surface area contributed by atoms with E-state index in [2.05, 4.69) is 15.6 Å². The summed E-state index contributed by atoms with van der Waals surface area (Å²) in [5.74, 6) is 0.579. The summed E-state index contributed by atoms with van der Waals surface area (Å²) < 4.78 is 5.38. The first kappa shape index (κ1) is 14.6. The lowest BCUT2D eigenvalue weighted by molar-refractivity contribution is 0.175. The number of thiophene rings is 1. The predicted octanol–water partition coefficient (Wildman–Crippen LogP) is 3.05. The Labute approximate surface area is 130 Å². The molecule has 1 atom stereocenters. The molecule has 0 fully saturated rings. The molecule has 6 nitrogen and oxygen atoms in total. The minimum atomic E-state index is -0.710. The van der Waals surface area contributed by atoms with Crippen LogP contribution in [0.4, 0.5) is 10.5 Å². The van der Waals surface area contributed by atoms with Gasteiger partial charge in [-0.15, -0.1) is 0 Å². The lowest BCUT2D eigenvalue weighted by Crippen LogP contribution is -2.32. The fourth-order valence-electron chi connectivity index (χ4n) is 2.07. The molecular formula is C15H15N3O3S. The van der Waals surface area contributed by atoms with Gasteiger partial charge in [-0.3, -0.25) is 0 Å². The number of oxazole rings is 1. The summed E-state index contributed by atoms with van der Waals surface area (Å²) >= 11 is 1.50. The molecule has 0 aliphatic heterocycles. The number of amides is 2. The molecule has 7 heteroatoms. The second kappa shape index (κ2) is 6.17. The maximum absolute atomic E-state index is 11.9. The van der Waals surface area contributed by atoms with E-state index in [1.807, 2.05) is 16.8 Å². The van der Waals surface area contributed by atoms with Gasteiger partial charge in [0.2, 0.25) is 0 Å². The number of rotatable bonds is 4. The zero-order chi connectivity index (χ0) is 15.5. The van der Waals surface area contributed by atoms with Crippen LogP contribution in [0.2, 0.25) is 0 Å². The van der Waals surface area contributed by atoms with E-state index in [0.29, 0.717) is 22.7 Å². The number of nitrogens with one attached hydrogen (secondary N) is 2. The number of aromatic nitrogens is 1. The Morgan fingerprint density at radius 1 is 1.45 bits per heavy atom. The topological polar surface area (TPSA) is 87.4 Å². The summed E-state index contributed by atoms with van der Waals surface area (Å²) in [5.41, 5.74) is 2.78. The molecule has 0 aliphatic rings. The molecule has 0 spiro atoms. The first-order valence-electron chi connectivity index (χ1n) is 6.74. The quantitative estimate of drug-likeness (QED) is 0.690. The molecule has 2 aromatic heterocycles. The Bertz CT molecular complexity index is 783. The predicted molar refractivity (Wildman–Crippen MR) is 85.0 cm³/mol. The van der Waals surface area contributed by atoms with Crippen molar-refractivity contribution in [3.05, 3.63) is 46.5 Å². The summed E-state index contributed by atoms with van der Waals surface area (Å²) in [6.45, 7) is 1.92. The van der Waals surface area contributed by atoms with Crippen LogP contribution in [-0.2, 0) is 0 Å². The van der Waals surface area contributed by atoms with E-state index in [0.717, 1.165) is 5.56 Å². The molecular weight excluding hydrogens is 302 g/mol. The third-order valence-electron chi connectivity index (χ3n) is 3.14. The van der Waals surface area contributed by atoms with E-state index in [1.165, 1.54) is 11.3 Å². The Kier molecular flexibility index (Phi) is 4.08. The Balaban J connectivity index is 1.58. The van der Waals surface area contributed by atoms with E-state index in [1.54, 1.807) is 25.1 Å². The normalized spacial score (nSPS) is 12.3. The molecule has 2 amide bonds. The zero-order valence-electron chi connectivity index (χ0n) is 11.9. The fourth-order valence-corrected chi connectivity index (χ4v) is 2.77. The van der Waals surface area contributed by atoms with Crippen LogP contribution >= 0.6 is 11.3 Å². The first-order chi connectivity index (χ1) is 10.6. The van der Waals surface area contributed by atoms with Gasteiger partial charge < -0.3 is 20.2 Å². The van der Waals surface area contributed by atoms with Gasteiger partial charge in [-0.25, -0.2) is 9.78 Å². The molecule has 3 rings (SSSR count). The van der Waals surface area contributed by atoms with Crippen molar-refractivity contribution in [2.75, 3.05) is 11.9 Å². The van der Waals surface area contributed by atoms with Gasteiger partial charge >= 0.3 is 6.03 Å². The lowest BCUT2D eigenvalue weighted by Gasteiger charge is -2.11. The van der Waals surface area contributed by atoms with Crippen LogP contribution in [0, 0.1) is 6.92 Å². The second-order valence-electron chi connectivity index (χ2n) is 4.82. The third kappa shape index (κ3) is 3.26. The zero-order valence-corrected chi connectivity index (χ0v) is 12.7. The lowest BCUT2D eigenvalue weighted by atomic mass is 10.2. The number of aryl methyl sites for hydroxylation is 1. The number of anilines is 1. The SMILES string of the molecule is Cc1nc2cc(NC(=O)NC[C@@H](O)c3ccsc3)ccc2o1. The van der Waals surface area contributed by atoms with Crippen LogP contribution in [-0.4, -0.2) is 22.7 Å². The Morgan fingerprint density at radius 2 is 2.32 bits per heavy atom. The number of benzene rings is 1. The molecule has 0 bridgehead atoms. The van der Waals surface area contributed by atoms with Gasteiger partial charge in [0.15, 0.2) is 11.5 Å². The third-order valence-corrected chi connectivity index (χ3v) is 3.84. The molecule has 114 valence electrons. The molecule has 0 unspecified atom stereocenters. The minimum Gasteiger partial charge on any atom is -0.441 e. The summed E-state index contributed by atoms with van der Waals surface area (Å²) in [7, 11) is 0. The standard InChI is InChI=1S/C15H15N3O3S/c1-9-17-12-6-11(2-3-14(12)21-9)18-15(20)16-7-13(19)10-4-5-22-8-10/h2-6,8,13,19H,7H2,1H3,(H2,16,18,20)/t13-/m1/s1. The van der Waals surface area contributed by atoms with Crippen molar-refractivity contribution < 1.29 is 14.3 Å². The van der Waals surface area contributed by atoms with E-state index in [9.17, 15) is 9.90 Å². The average molecular weight is 317 g/mol. The highest BCUT2D eigenvalue weighted by atomic mass is 32.1. The summed E-state index contributed by atoms with van der Waals surface area (Å²) in [6.07, 6.45) is -0.710. The molecule has 3 aromatic rings. The van der Waals surface area contributed by atoms with Crippen molar-refractivity contribution in [2.45, 2.75) is 13.0 Å². The van der Waals surface area contributed by atoms with E-state index in [-0.39, 0.29) is 12.6 Å². The molecule has 0 saturated heterocycles. The highest BCUT2D eigenvalue weighted by Gasteiger charge is 2.10. The maximum Gasteiger partial charge on any atom is 0.319 e. The highest BCUT2D eigenvalue weighted by Crippen LogP contribution is 2.19. The van der Waals surface area contributed by atoms with Crippen molar-refractivity contribution in [1.82, 2.24) is 10.3 Å². The minimum absolute atomic E-state index is 0.147. The molecule has 1 aromatic carbocycles. The molecule has 0 saturated carbocycles. The van der Waals surface area contributed by atoms with Gasteiger partial charge in [0.05, 0.1) is 6.10 Å². The van der Waals surface area contributed by atoms with Gasteiger partial charge in [-0.2, -0.15) is 11.3 Å². The molecule has 0 radical (unpaired) electrons. The number of nitrogens with zero attached hydrogens (tertiary/aromatic N) is 1. The summed E-state index contributed by atoms with van der Waals surface area (Å²) in [4.78, 5) is 16.1. The Morgan fingerprint density at radius 3 is 3.09 bits per heavy atom. The van der Waals surface area contributed by atoms with Crippen LogP contribution in [0.15, 0.2) is 39.4 Å². The van der Waals surface area contributed by atoms with Crippen LogP contribution in [0.5, 0.6) is 0 Å². The number of aliphatic hydroxyl groups excluding tert-OH is 1. The number of urea groups is 1. The van der Waals surface area contributed by atoms with Crippen LogP contribution in [0.1, 0.15) is 17.6 Å². The van der Waals surface area contributed by atoms with Crippen LogP contribution in [0.3, 0.4) is 0 Å². The number of aliphatic hydroxyl groups is 1. The summed E-state index contributed by atoms with van der Waals surface area (Å²) in [6, 6.07) is 6.68. The maximum atomic E-state index is 11.9. The van der Waals surface area contributed by atoms with Crippen molar-refractivity contribution in [3.8, 4) is 0 Å².